The van der Waals surface area contributed by atoms with Crippen LogP contribution in [0.1, 0.15) is 117 Å². The molecule has 0 spiro atoms. The molecule has 0 amide bonds. The molecule has 0 heteroatoms. The molecule has 0 aliphatic heterocycles. The SMILES string of the molecule is CC1C=C(C(C)(C)C)C=C1c1cc(C(C)(C)C)cc2c1C(C(C)C)c1ccc(C(C)(C)C)cc1-2. The van der Waals surface area contributed by atoms with Crippen LogP contribution in [0.5, 0.6) is 0 Å². The highest BCUT2D eigenvalue weighted by atomic mass is 14.4. The van der Waals surface area contributed by atoms with Gasteiger partial charge in [0.2, 0.25) is 0 Å². The molecule has 2 atom stereocenters. The van der Waals surface area contributed by atoms with Gasteiger partial charge in [0.1, 0.15) is 0 Å². The van der Waals surface area contributed by atoms with Crippen LogP contribution in [-0.4, -0.2) is 0 Å². The van der Waals surface area contributed by atoms with Crippen molar-refractivity contribution in [2.24, 2.45) is 17.3 Å². The molecule has 2 aromatic rings. The van der Waals surface area contributed by atoms with Crippen molar-refractivity contribution in [2.45, 2.75) is 99.8 Å². The maximum atomic E-state index is 2.53. The third-order valence-corrected chi connectivity index (χ3v) is 7.98. The topological polar surface area (TPSA) is 0 Å². The second-order valence-corrected chi connectivity index (χ2v) is 14.3. The Balaban J connectivity index is 2.04. The van der Waals surface area contributed by atoms with Gasteiger partial charge < -0.3 is 0 Å². The summed E-state index contributed by atoms with van der Waals surface area (Å²) in [5.74, 6) is 1.43. The van der Waals surface area contributed by atoms with Crippen molar-refractivity contribution in [3.8, 4) is 11.1 Å². The monoisotopic (exact) mass is 454 g/mol. The first-order valence-corrected chi connectivity index (χ1v) is 13.3. The molecule has 2 aliphatic rings. The fourth-order valence-electron chi connectivity index (χ4n) is 5.75. The average Bonchev–Trinajstić information content (AvgIpc) is 3.23. The fraction of sp³-hybridized carbons (Fsp3) is 0.529. The van der Waals surface area contributed by atoms with E-state index in [0.29, 0.717) is 17.8 Å². The molecular weight excluding hydrogens is 408 g/mol. The lowest BCUT2D eigenvalue weighted by Gasteiger charge is -2.27. The Bertz CT molecular complexity index is 1180. The van der Waals surface area contributed by atoms with E-state index >= 15 is 0 Å². The van der Waals surface area contributed by atoms with Crippen LogP contribution in [0, 0.1) is 17.3 Å². The van der Waals surface area contributed by atoms with Crippen LogP contribution in [0.2, 0.25) is 0 Å². The highest BCUT2D eigenvalue weighted by molar-refractivity contribution is 5.88. The van der Waals surface area contributed by atoms with Gasteiger partial charge in [0, 0.05) is 11.8 Å². The summed E-state index contributed by atoms with van der Waals surface area (Å²) in [6.07, 6.45) is 5.00. The maximum Gasteiger partial charge on any atom is 0.0131 e. The number of allylic oxidation sites excluding steroid dienone is 4. The first-order chi connectivity index (χ1) is 15.5. The lowest BCUT2D eigenvalue weighted by molar-refractivity contribution is 0.516. The molecule has 2 aromatic carbocycles. The summed E-state index contributed by atoms with van der Waals surface area (Å²) in [6, 6.07) is 12.4. The molecule has 0 saturated heterocycles. The predicted octanol–water partition coefficient (Wildman–Crippen LogP) is 10.1. The van der Waals surface area contributed by atoms with E-state index in [1.165, 1.54) is 44.5 Å². The minimum atomic E-state index is 0.101. The van der Waals surface area contributed by atoms with Crippen LogP contribution in [0.25, 0.3) is 16.7 Å². The van der Waals surface area contributed by atoms with Crippen molar-refractivity contribution in [1.29, 1.82) is 0 Å². The minimum Gasteiger partial charge on any atom is -0.0735 e. The molecule has 0 fully saturated rings. The zero-order chi connectivity index (χ0) is 25.4. The van der Waals surface area contributed by atoms with Crippen molar-refractivity contribution >= 4 is 5.57 Å². The van der Waals surface area contributed by atoms with E-state index in [1.54, 1.807) is 5.56 Å². The molecule has 0 radical (unpaired) electrons. The summed E-state index contributed by atoms with van der Waals surface area (Å²) >= 11 is 0. The van der Waals surface area contributed by atoms with E-state index in [9.17, 15) is 0 Å². The van der Waals surface area contributed by atoms with E-state index in [1.807, 2.05) is 0 Å². The zero-order valence-electron chi connectivity index (χ0n) is 23.8. The molecule has 0 aromatic heterocycles. The van der Waals surface area contributed by atoms with Crippen molar-refractivity contribution in [3.05, 3.63) is 75.9 Å². The van der Waals surface area contributed by atoms with Crippen molar-refractivity contribution < 1.29 is 0 Å². The predicted molar refractivity (Wildman–Crippen MR) is 151 cm³/mol. The molecule has 0 heterocycles. The molecule has 2 aliphatic carbocycles. The van der Waals surface area contributed by atoms with E-state index in [-0.39, 0.29) is 16.2 Å². The van der Waals surface area contributed by atoms with E-state index < -0.39 is 0 Å². The van der Waals surface area contributed by atoms with Gasteiger partial charge in [-0.25, -0.2) is 0 Å². The van der Waals surface area contributed by atoms with Gasteiger partial charge in [0.05, 0.1) is 0 Å². The lowest BCUT2D eigenvalue weighted by atomic mass is 9.77. The van der Waals surface area contributed by atoms with Gasteiger partial charge in [-0.1, -0.05) is 126 Å². The molecule has 2 unspecified atom stereocenters. The Morgan fingerprint density at radius 2 is 1.24 bits per heavy atom. The van der Waals surface area contributed by atoms with E-state index in [2.05, 4.69) is 126 Å². The maximum absolute atomic E-state index is 2.53. The molecule has 0 nitrogen and oxygen atoms in total. The number of hydrogen-bond acceptors (Lipinski definition) is 0. The summed E-state index contributed by atoms with van der Waals surface area (Å²) in [5.41, 5.74) is 13.7. The highest BCUT2D eigenvalue weighted by Gasteiger charge is 2.37. The molecule has 4 rings (SSSR count). The Morgan fingerprint density at radius 3 is 1.74 bits per heavy atom. The largest absolute Gasteiger partial charge is 0.0735 e. The van der Waals surface area contributed by atoms with Gasteiger partial charge >= 0.3 is 0 Å². The molecule has 182 valence electrons. The van der Waals surface area contributed by atoms with Crippen molar-refractivity contribution in [1.82, 2.24) is 0 Å². The highest BCUT2D eigenvalue weighted by Crippen LogP contribution is 2.54. The van der Waals surface area contributed by atoms with Gasteiger partial charge in [0.25, 0.3) is 0 Å². The number of fused-ring (bicyclic) bond motifs is 3. The van der Waals surface area contributed by atoms with Gasteiger partial charge in [-0.2, -0.15) is 0 Å². The van der Waals surface area contributed by atoms with Crippen molar-refractivity contribution in [3.63, 3.8) is 0 Å². The van der Waals surface area contributed by atoms with E-state index in [0.717, 1.165) is 0 Å². The summed E-state index contributed by atoms with van der Waals surface area (Å²) in [6.45, 7) is 28.2. The summed E-state index contributed by atoms with van der Waals surface area (Å²) in [5, 5.41) is 0. The molecule has 0 saturated carbocycles. The number of benzene rings is 2. The van der Waals surface area contributed by atoms with Gasteiger partial charge in [0.15, 0.2) is 0 Å². The fourth-order valence-corrected chi connectivity index (χ4v) is 5.75. The molecule has 0 bridgehead atoms. The third-order valence-electron chi connectivity index (χ3n) is 7.98. The Morgan fingerprint density at radius 1 is 0.676 bits per heavy atom. The van der Waals surface area contributed by atoms with Gasteiger partial charge in [-0.05, 0) is 72.3 Å². The number of rotatable bonds is 2. The summed E-state index contributed by atoms with van der Waals surface area (Å²) in [4.78, 5) is 0. The second kappa shape index (κ2) is 7.97. The quantitative estimate of drug-likeness (QED) is 0.423. The Labute approximate surface area is 209 Å². The first kappa shape index (κ1) is 25.0. The smallest absolute Gasteiger partial charge is 0.0131 e. The Kier molecular flexibility index (Phi) is 5.87. The average molecular weight is 455 g/mol. The summed E-state index contributed by atoms with van der Waals surface area (Å²) in [7, 11) is 0. The molecule has 0 N–H and O–H groups in total. The zero-order valence-corrected chi connectivity index (χ0v) is 23.8. The minimum absolute atomic E-state index is 0.101. The van der Waals surface area contributed by atoms with Crippen LogP contribution in [-0.2, 0) is 10.8 Å². The lowest BCUT2D eigenvalue weighted by Crippen LogP contribution is -2.14. The van der Waals surface area contributed by atoms with Crippen LogP contribution in [0.4, 0.5) is 0 Å². The summed E-state index contributed by atoms with van der Waals surface area (Å²) < 4.78 is 0. The normalized spacial score (nSPS) is 20.4. The van der Waals surface area contributed by atoms with Crippen molar-refractivity contribution in [2.75, 3.05) is 0 Å². The van der Waals surface area contributed by atoms with Crippen LogP contribution in [0.3, 0.4) is 0 Å². The molecule has 34 heavy (non-hydrogen) atoms. The van der Waals surface area contributed by atoms with Gasteiger partial charge in [-0.15, -0.1) is 0 Å². The second-order valence-electron chi connectivity index (χ2n) is 14.3. The van der Waals surface area contributed by atoms with Crippen LogP contribution >= 0.6 is 0 Å². The third kappa shape index (κ3) is 4.23. The van der Waals surface area contributed by atoms with Crippen LogP contribution in [0.15, 0.2) is 48.1 Å². The van der Waals surface area contributed by atoms with Gasteiger partial charge in [-0.3, -0.25) is 0 Å². The first-order valence-electron chi connectivity index (χ1n) is 13.3. The van der Waals surface area contributed by atoms with E-state index in [4.69, 9.17) is 0 Å². The standard InChI is InChI=1S/C34H46/c1-20(2)30-25-14-13-22(32(4,5)6)16-27(25)29-19-24(34(10,11)12)18-28(31(29)30)26-17-23(15-21(26)3)33(7,8)9/h13-21,30H,1-12H3. The van der Waals surface area contributed by atoms with Crippen LogP contribution < -0.4 is 0 Å². The molecular formula is C34H46. The number of hydrogen-bond donors (Lipinski definition) is 0. The Hall–Kier alpha value is -2.08.